The van der Waals surface area contributed by atoms with E-state index in [0.717, 1.165) is 0 Å². The zero-order chi connectivity index (χ0) is 4.12. The van der Waals surface area contributed by atoms with Gasteiger partial charge >= 0.3 is 0 Å². The smallest absolute Gasteiger partial charge is 0.287 e. The fraction of sp³-hybridized carbons (Fsp3) is 0.500. The van der Waals surface area contributed by atoms with Crippen LogP contribution in [0, 0.1) is 11.5 Å². The van der Waals surface area contributed by atoms with Crippen molar-refractivity contribution in [1.82, 2.24) is 0 Å². The molecule has 28 valence electrons. The molecule has 0 saturated carbocycles. The molecule has 5 heavy (non-hydrogen) atoms. The lowest BCUT2D eigenvalue weighted by Crippen LogP contribution is -1.98. The van der Waals surface area contributed by atoms with Gasteiger partial charge in [-0.1, -0.05) is 0 Å². The Labute approximate surface area is 30.0 Å². The van der Waals surface area contributed by atoms with E-state index in [0.29, 0.717) is 0 Å². The molecule has 0 amide bonds. The predicted molar refractivity (Wildman–Crippen MR) is 15.8 cm³/mol. The minimum Gasteiger partial charge on any atom is -0.412 e. The molecule has 0 radical (unpaired) electrons. The van der Waals surface area contributed by atoms with E-state index in [1.807, 2.05) is 0 Å². The number of nitrogens with zero attached hydrogens (tertiary/aromatic N) is 1. The van der Waals surface area contributed by atoms with Gasteiger partial charge in [0, 0.05) is 0 Å². The zero-order valence-electron chi connectivity index (χ0n) is 2.64. The Hall–Kier alpha value is -0.750. The van der Waals surface area contributed by atoms with Crippen LogP contribution < -0.4 is 5.73 Å². The Morgan fingerprint density at radius 1 is 2.00 bits per heavy atom. The molecule has 0 aromatic carbocycles. The molecular weight excluding hydrogens is 68.0 g/mol. The van der Waals surface area contributed by atoms with Gasteiger partial charge in [0.05, 0.1) is 0 Å². The van der Waals surface area contributed by atoms with Crippen LogP contribution in [0.5, 0.6) is 0 Å². The molecule has 3 heteroatoms. The minimum absolute atomic E-state index is 0.0174. The Morgan fingerprint density at radius 2 is 2.60 bits per heavy atom. The highest BCUT2D eigenvalue weighted by Gasteiger charge is 1.59. The second kappa shape index (κ2) is 3.25. The normalized spacial score (nSPS) is 5.60. The summed E-state index contributed by atoms with van der Waals surface area (Å²) >= 11 is 0. The summed E-state index contributed by atoms with van der Waals surface area (Å²) in [6.07, 6.45) is 1.39. The monoisotopic (exact) mass is 72.0 g/mol. The van der Waals surface area contributed by atoms with E-state index >= 15 is 0 Å². The molecule has 0 atom stereocenters. The SMILES string of the molecule is N#COCN. The van der Waals surface area contributed by atoms with Crippen molar-refractivity contribution in [3.63, 3.8) is 0 Å². The van der Waals surface area contributed by atoms with Gasteiger partial charge in [0.25, 0.3) is 6.26 Å². The van der Waals surface area contributed by atoms with E-state index in [1.165, 1.54) is 6.26 Å². The van der Waals surface area contributed by atoms with Crippen molar-refractivity contribution in [3.05, 3.63) is 0 Å². The summed E-state index contributed by atoms with van der Waals surface area (Å²) in [4.78, 5) is 0. The van der Waals surface area contributed by atoms with Crippen LogP contribution in [0.15, 0.2) is 0 Å². The van der Waals surface area contributed by atoms with Gasteiger partial charge in [-0.2, -0.15) is 5.26 Å². The second-order valence-electron chi connectivity index (χ2n) is 0.402. The first-order chi connectivity index (χ1) is 2.41. The van der Waals surface area contributed by atoms with Gasteiger partial charge in [0.1, 0.15) is 0 Å². The largest absolute Gasteiger partial charge is 0.412 e. The molecule has 0 aliphatic carbocycles. The molecule has 0 aliphatic rings. The van der Waals surface area contributed by atoms with E-state index in [1.54, 1.807) is 0 Å². The van der Waals surface area contributed by atoms with Crippen LogP contribution in [0.4, 0.5) is 0 Å². The van der Waals surface area contributed by atoms with Crippen LogP contribution in [0.2, 0.25) is 0 Å². The van der Waals surface area contributed by atoms with Crippen molar-refractivity contribution >= 4 is 0 Å². The van der Waals surface area contributed by atoms with E-state index in [2.05, 4.69) is 4.74 Å². The summed E-state index contributed by atoms with van der Waals surface area (Å²) in [7, 11) is 0. The first kappa shape index (κ1) is 4.25. The van der Waals surface area contributed by atoms with Crippen molar-refractivity contribution in [2.24, 2.45) is 5.73 Å². The number of hydrogen-bond acceptors (Lipinski definition) is 3. The maximum absolute atomic E-state index is 7.51. The quantitative estimate of drug-likeness (QED) is 0.332. The number of ether oxygens (including phenoxy) is 1. The number of rotatable bonds is 1. The molecular formula is C2H4N2O. The van der Waals surface area contributed by atoms with Gasteiger partial charge in [-0.05, 0) is 0 Å². The van der Waals surface area contributed by atoms with E-state index in [4.69, 9.17) is 11.0 Å². The zero-order valence-corrected chi connectivity index (χ0v) is 2.64. The molecule has 0 aromatic heterocycles. The molecule has 0 aromatic rings. The highest BCUT2D eigenvalue weighted by Crippen LogP contribution is 1.49. The van der Waals surface area contributed by atoms with Crippen molar-refractivity contribution < 1.29 is 4.74 Å². The van der Waals surface area contributed by atoms with Crippen LogP contribution in [0.25, 0.3) is 0 Å². The fourth-order valence-electron chi connectivity index (χ4n) is 0.0373. The summed E-state index contributed by atoms with van der Waals surface area (Å²) in [6.45, 7) is -0.0174. The van der Waals surface area contributed by atoms with Crippen LogP contribution in [0.1, 0.15) is 0 Å². The standard InChI is InChI=1S/C2H4N2O/c3-1-5-2-4/h1,3H2. The van der Waals surface area contributed by atoms with Gasteiger partial charge in [0.15, 0.2) is 6.73 Å². The summed E-state index contributed by atoms with van der Waals surface area (Å²) in [5.41, 5.74) is 4.69. The summed E-state index contributed by atoms with van der Waals surface area (Å²) in [5.74, 6) is 0. The lowest BCUT2D eigenvalue weighted by Gasteiger charge is -1.76. The third kappa shape index (κ3) is 3.25. The highest BCUT2D eigenvalue weighted by atomic mass is 16.5. The van der Waals surface area contributed by atoms with Crippen molar-refractivity contribution in [2.75, 3.05) is 6.73 Å². The molecule has 0 rings (SSSR count). The lowest BCUT2D eigenvalue weighted by molar-refractivity contribution is 0.281. The van der Waals surface area contributed by atoms with E-state index in [-0.39, 0.29) is 6.73 Å². The minimum atomic E-state index is -0.0174. The highest BCUT2D eigenvalue weighted by molar-refractivity contribution is 4.41. The first-order valence-electron chi connectivity index (χ1n) is 1.12. The van der Waals surface area contributed by atoms with Gasteiger partial charge in [-0.3, -0.25) is 5.73 Å². The molecule has 3 nitrogen and oxygen atoms in total. The van der Waals surface area contributed by atoms with Crippen LogP contribution in [0.3, 0.4) is 0 Å². The van der Waals surface area contributed by atoms with Crippen molar-refractivity contribution in [2.45, 2.75) is 0 Å². The van der Waals surface area contributed by atoms with Gasteiger partial charge in [-0.15, -0.1) is 0 Å². The summed E-state index contributed by atoms with van der Waals surface area (Å²) < 4.78 is 3.92. The van der Waals surface area contributed by atoms with Crippen molar-refractivity contribution in [3.8, 4) is 6.26 Å². The average molecular weight is 72.1 g/mol. The van der Waals surface area contributed by atoms with Gasteiger partial charge in [-0.25, -0.2) is 0 Å². The molecule has 0 heterocycles. The summed E-state index contributed by atoms with van der Waals surface area (Å²) in [6, 6.07) is 0. The Kier molecular flexibility index (Phi) is 2.76. The molecule has 0 aliphatic heterocycles. The average Bonchev–Trinajstić information content (AvgIpc) is 1.41. The number of hydrogen-bond donors (Lipinski definition) is 1. The van der Waals surface area contributed by atoms with E-state index < -0.39 is 0 Å². The molecule has 0 unspecified atom stereocenters. The third-order valence-corrected chi connectivity index (χ3v) is 0.148. The molecule has 0 saturated heterocycles. The van der Waals surface area contributed by atoms with Crippen molar-refractivity contribution in [1.29, 1.82) is 5.26 Å². The Bertz CT molecular complexity index is 46.1. The third-order valence-electron chi connectivity index (χ3n) is 0.148. The molecule has 0 bridgehead atoms. The summed E-state index contributed by atoms with van der Waals surface area (Å²) in [5, 5.41) is 7.51. The number of nitriles is 1. The lowest BCUT2D eigenvalue weighted by atomic mass is 11.3. The topological polar surface area (TPSA) is 59.0 Å². The number of nitrogens with two attached hydrogens (primary N) is 1. The first-order valence-corrected chi connectivity index (χ1v) is 1.12. The predicted octanol–water partition coefficient (Wildman–Crippen LogP) is -0.600. The fourth-order valence-corrected chi connectivity index (χ4v) is 0.0373. The van der Waals surface area contributed by atoms with Crippen LogP contribution >= 0.6 is 0 Å². The Morgan fingerprint density at radius 3 is 2.60 bits per heavy atom. The van der Waals surface area contributed by atoms with Gasteiger partial charge in [0.2, 0.25) is 0 Å². The Balaban J connectivity index is 2.48. The van der Waals surface area contributed by atoms with Gasteiger partial charge < -0.3 is 4.74 Å². The maximum atomic E-state index is 7.51. The van der Waals surface area contributed by atoms with Crippen LogP contribution in [-0.4, -0.2) is 6.73 Å². The van der Waals surface area contributed by atoms with Crippen LogP contribution in [-0.2, 0) is 4.74 Å². The second-order valence-corrected chi connectivity index (χ2v) is 0.402. The van der Waals surface area contributed by atoms with E-state index in [9.17, 15) is 0 Å². The molecule has 0 spiro atoms. The molecule has 2 N–H and O–H groups in total. The maximum Gasteiger partial charge on any atom is 0.287 e. The molecule has 0 fully saturated rings.